The van der Waals surface area contributed by atoms with Crippen LogP contribution in [0.2, 0.25) is 0 Å². The maximum atomic E-state index is 12.5. The van der Waals surface area contributed by atoms with Crippen LogP contribution in [0.25, 0.3) is 0 Å². The maximum absolute atomic E-state index is 12.5. The highest BCUT2D eigenvalue weighted by atomic mass is 127. The van der Waals surface area contributed by atoms with E-state index in [-0.39, 0.29) is 30.1 Å². The molecule has 2 N–H and O–H groups in total. The third kappa shape index (κ3) is 8.35. The molecule has 0 aromatic carbocycles. The summed E-state index contributed by atoms with van der Waals surface area (Å²) < 4.78 is 48.5. The zero-order valence-electron chi connectivity index (χ0n) is 14.5. The van der Waals surface area contributed by atoms with Gasteiger partial charge in [-0.3, -0.25) is 4.99 Å². The summed E-state index contributed by atoms with van der Waals surface area (Å²) in [6.45, 7) is 2.97. The SMILES string of the molecule is CN=C(NCCOCC1CCCO1)NCCc1nc(C(F)(F)F)cs1.I. The predicted molar refractivity (Wildman–Crippen MR) is 105 cm³/mol. The van der Waals surface area contributed by atoms with E-state index in [1.54, 1.807) is 7.05 Å². The molecule has 1 aromatic heterocycles. The number of alkyl halides is 3. The van der Waals surface area contributed by atoms with Crippen molar-refractivity contribution in [2.45, 2.75) is 31.5 Å². The van der Waals surface area contributed by atoms with Crippen LogP contribution < -0.4 is 10.6 Å². The number of aliphatic imine (C=N–C) groups is 1. The smallest absolute Gasteiger partial charge is 0.377 e. The van der Waals surface area contributed by atoms with Gasteiger partial charge in [0.25, 0.3) is 0 Å². The van der Waals surface area contributed by atoms with Crippen molar-refractivity contribution in [3.63, 3.8) is 0 Å². The monoisotopic (exact) mass is 508 g/mol. The first-order chi connectivity index (χ1) is 12.0. The molecular formula is C15H24F3IN4O2S. The number of nitrogens with zero attached hydrogens (tertiary/aromatic N) is 2. The Morgan fingerprint density at radius 1 is 1.42 bits per heavy atom. The third-order valence-corrected chi connectivity index (χ3v) is 4.47. The molecule has 1 unspecified atom stereocenters. The molecule has 1 atom stereocenters. The molecule has 0 spiro atoms. The molecule has 0 saturated carbocycles. The van der Waals surface area contributed by atoms with Crippen molar-refractivity contribution in [2.75, 3.05) is 40.0 Å². The van der Waals surface area contributed by atoms with Gasteiger partial charge in [0, 0.05) is 38.5 Å². The summed E-state index contributed by atoms with van der Waals surface area (Å²) >= 11 is 1.01. The van der Waals surface area contributed by atoms with Crippen LogP contribution in [0.1, 0.15) is 23.5 Å². The Bertz CT molecular complexity index is 551. The molecule has 0 aliphatic carbocycles. The lowest BCUT2D eigenvalue weighted by molar-refractivity contribution is -0.140. The van der Waals surface area contributed by atoms with E-state index in [0.717, 1.165) is 36.2 Å². The second kappa shape index (κ2) is 11.9. The Morgan fingerprint density at radius 2 is 2.19 bits per heavy atom. The molecule has 2 heterocycles. The molecule has 2 rings (SSSR count). The van der Waals surface area contributed by atoms with Crippen LogP contribution in [0, 0.1) is 0 Å². The van der Waals surface area contributed by atoms with Crippen molar-refractivity contribution < 1.29 is 22.6 Å². The number of ether oxygens (including phenoxy) is 2. The van der Waals surface area contributed by atoms with Crippen molar-refractivity contribution in [3.05, 3.63) is 16.1 Å². The molecule has 1 saturated heterocycles. The molecule has 1 aliphatic rings. The first-order valence-electron chi connectivity index (χ1n) is 8.14. The van der Waals surface area contributed by atoms with Crippen molar-refractivity contribution >= 4 is 41.3 Å². The van der Waals surface area contributed by atoms with Crippen molar-refractivity contribution in [3.8, 4) is 0 Å². The van der Waals surface area contributed by atoms with Crippen LogP contribution in [-0.2, 0) is 22.1 Å². The van der Waals surface area contributed by atoms with E-state index in [1.165, 1.54) is 0 Å². The fourth-order valence-electron chi connectivity index (χ4n) is 2.30. The summed E-state index contributed by atoms with van der Waals surface area (Å²) in [6, 6.07) is 0. The highest BCUT2D eigenvalue weighted by Gasteiger charge is 2.33. The van der Waals surface area contributed by atoms with Gasteiger partial charge in [-0.25, -0.2) is 4.98 Å². The molecule has 11 heteroatoms. The number of hydrogen-bond donors (Lipinski definition) is 2. The second-order valence-corrected chi connectivity index (χ2v) is 6.45. The Hall–Kier alpha value is -0.660. The minimum atomic E-state index is -4.39. The number of aromatic nitrogens is 1. The minimum Gasteiger partial charge on any atom is -0.377 e. The van der Waals surface area contributed by atoms with E-state index in [9.17, 15) is 13.2 Å². The molecule has 0 radical (unpaired) electrons. The van der Waals surface area contributed by atoms with Gasteiger partial charge in [0.1, 0.15) is 0 Å². The van der Waals surface area contributed by atoms with Gasteiger partial charge in [-0.1, -0.05) is 0 Å². The van der Waals surface area contributed by atoms with Gasteiger partial charge in [0.15, 0.2) is 11.7 Å². The van der Waals surface area contributed by atoms with Crippen molar-refractivity contribution in [1.29, 1.82) is 0 Å². The summed E-state index contributed by atoms with van der Waals surface area (Å²) in [5.41, 5.74) is -0.835. The van der Waals surface area contributed by atoms with Crippen LogP contribution in [-0.4, -0.2) is 57.0 Å². The molecule has 0 bridgehead atoms. The van der Waals surface area contributed by atoms with E-state index in [1.807, 2.05) is 0 Å². The molecule has 6 nitrogen and oxygen atoms in total. The lowest BCUT2D eigenvalue weighted by Crippen LogP contribution is -2.40. The third-order valence-electron chi connectivity index (χ3n) is 3.56. The maximum Gasteiger partial charge on any atom is 0.434 e. The topological polar surface area (TPSA) is 67.8 Å². The number of guanidine groups is 1. The van der Waals surface area contributed by atoms with Crippen molar-refractivity contribution in [1.82, 2.24) is 15.6 Å². The largest absolute Gasteiger partial charge is 0.434 e. The number of rotatable bonds is 8. The second-order valence-electron chi connectivity index (χ2n) is 5.51. The Kier molecular flexibility index (Phi) is 10.7. The van der Waals surface area contributed by atoms with E-state index in [0.29, 0.717) is 43.7 Å². The minimum absolute atomic E-state index is 0. The quantitative estimate of drug-likeness (QED) is 0.245. The number of thiazole rings is 1. The Balaban J connectivity index is 0.00000338. The Morgan fingerprint density at radius 3 is 2.81 bits per heavy atom. The molecular weight excluding hydrogens is 484 g/mol. The van der Waals surface area contributed by atoms with Crippen LogP contribution >= 0.6 is 35.3 Å². The lowest BCUT2D eigenvalue weighted by atomic mass is 10.2. The summed E-state index contributed by atoms with van der Waals surface area (Å²) in [5, 5.41) is 7.60. The van der Waals surface area contributed by atoms with Crippen molar-refractivity contribution in [2.24, 2.45) is 4.99 Å². The van der Waals surface area contributed by atoms with Gasteiger partial charge in [-0.2, -0.15) is 13.2 Å². The fourth-order valence-corrected chi connectivity index (χ4v) is 3.10. The number of nitrogens with one attached hydrogen (secondary N) is 2. The highest BCUT2D eigenvalue weighted by molar-refractivity contribution is 14.0. The first-order valence-corrected chi connectivity index (χ1v) is 9.02. The summed E-state index contributed by atoms with van der Waals surface area (Å²) in [5.74, 6) is 0.577. The Labute approximate surface area is 172 Å². The average Bonchev–Trinajstić information content (AvgIpc) is 3.24. The summed E-state index contributed by atoms with van der Waals surface area (Å²) in [4.78, 5) is 7.65. The molecule has 150 valence electrons. The molecule has 26 heavy (non-hydrogen) atoms. The standard InChI is InChI=1S/C15H23F3N4O2S.HI/c1-19-14(21-6-8-23-9-11-3-2-7-24-11)20-5-4-13-22-12(10-25-13)15(16,17)18;/h10-11H,2-9H2,1H3,(H2,19,20,21);1H. The molecule has 1 aliphatic heterocycles. The van der Waals surface area contributed by atoms with E-state index >= 15 is 0 Å². The normalized spacial score (nSPS) is 17.8. The zero-order valence-corrected chi connectivity index (χ0v) is 17.6. The van der Waals surface area contributed by atoms with Crippen LogP contribution in [0.4, 0.5) is 13.2 Å². The fraction of sp³-hybridized carbons (Fsp3) is 0.733. The molecule has 1 aromatic rings. The van der Waals surface area contributed by atoms with Gasteiger partial charge >= 0.3 is 6.18 Å². The van der Waals surface area contributed by atoms with Gasteiger partial charge in [-0.05, 0) is 12.8 Å². The summed E-state index contributed by atoms with van der Waals surface area (Å²) in [6.07, 6.45) is -1.65. The van der Waals surface area contributed by atoms with E-state index < -0.39 is 11.9 Å². The molecule has 0 amide bonds. The van der Waals surface area contributed by atoms with Crippen LogP contribution in [0.5, 0.6) is 0 Å². The first kappa shape index (κ1) is 23.4. The number of halogens is 4. The van der Waals surface area contributed by atoms with Gasteiger partial charge < -0.3 is 20.1 Å². The number of hydrogen-bond acceptors (Lipinski definition) is 5. The van der Waals surface area contributed by atoms with Gasteiger partial charge in [0.05, 0.1) is 24.3 Å². The van der Waals surface area contributed by atoms with Crippen LogP contribution in [0.15, 0.2) is 10.4 Å². The van der Waals surface area contributed by atoms with Crippen LogP contribution in [0.3, 0.4) is 0 Å². The lowest BCUT2D eigenvalue weighted by Gasteiger charge is -2.13. The summed E-state index contributed by atoms with van der Waals surface area (Å²) in [7, 11) is 1.63. The molecule has 1 fully saturated rings. The highest BCUT2D eigenvalue weighted by Crippen LogP contribution is 2.29. The van der Waals surface area contributed by atoms with E-state index in [4.69, 9.17) is 9.47 Å². The average molecular weight is 508 g/mol. The zero-order chi connectivity index (χ0) is 18.1. The predicted octanol–water partition coefficient (Wildman–Crippen LogP) is 2.68. The van der Waals surface area contributed by atoms with Gasteiger partial charge in [0.2, 0.25) is 0 Å². The van der Waals surface area contributed by atoms with Gasteiger partial charge in [-0.15, -0.1) is 35.3 Å². The van der Waals surface area contributed by atoms with E-state index in [2.05, 4.69) is 20.6 Å².